The largest absolute Gasteiger partial charge is 0.394 e. The Bertz CT molecular complexity index is 1790. The summed E-state index contributed by atoms with van der Waals surface area (Å²) in [6.07, 6.45) is 87.8. The molecule has 1 saturated heterocycles. The Hall–Kier alpha value is -3.67. The molecule has 84 heavy (non-hydrogen) atoms. The lowest BCUT2D eigenvalue weighted by atomic mass is 9.99. The highest BCUT2D eigenvalue weighted by Gasteiger charge is 2.44. The van der Waals surface area contributed by atoms with Crippen molar-refractivity contribution in [2.75, 3.05) is 13.2 Å². The zero-order chi connectivity index (χ0) is 60.7. The van der Waals surface area contributed by atoms with Gasteiger partial charge in [0.15, 0.2) is 6.29 Å². The second kappa shape index (κ2) is 62.4. The quantitative estimate of drug-likeness (QED) is 0.0261. The molecule has 1 aliphatic rings. The van der Waals surface area contributed by atoms with Crippen molar-refractivity contribution in [1.29, 1.82) is 0 Å². The summed E-state index contributed by atoms with van der Waals surface area (Å²) in [5.74, 6) is -0.158. The van der Waals surface area contributed by atoms with Gasteiger partial charge in [0.1, 0.15) is 24.4 Å². The van der Waals surface area contributed by atoms with E-state index in [0.717, 1.165) is 122 Å². The number of amides is 1. The first-order valence-electron chi connectivity index (χ1n) is 34.4. The number of ether oxygens (including phenoxy) is 2. The molecule has 7 unspecified atom stereocenters. The van der Waals surface area contributed by atoms with Crippen LogP contribution >= 0.6 is 0 Å². The van der Waals surface area contributed by atoms with Crippen molar-refractivity contribution < 1.29 is 39.8 Å². The summed E-state index contributed by atoms with van der Waals surface area (Å²) in [5.41, 5.74) is 0. The maximum absolute atomic E-state index is 13.1. The Kier molecular flexibility index (Phi) is 58.2. The fourth-order valence-electron chi connectivity index (χ4n) is 10.2. The zero-order valence-corrected chi connectivity index (χ0v) is 53.6. The number of carbonyl (C=O) groups is 1. The van der Waals surface area contributed by atoms with Crippen molar-refractivity contribution in [2.24, 2.45) is 0 Å². The van der Waals surface area contributed by atoms with E-state index in [-0.39, 0.29) is 12.5 Å². The summed E-state index contributed by atoms with van der Waals surface area (Å²) in [7, 11) is 0. The molecule has 1 heterocycles. The van der Waals surface area contributed by atoms with Gasteiger partial charge in [-0.1, -0.05) is 308 Å². The highest BCUT2D eigenvalue weighted by atomic mass is 16.7. The molecule has 9 nitrogen and oxygen atoms in total. The Morgan fingerprint density at radius 1 is 0.417 bits per heavy atom. The van der Waals surface area contributed by atoms with Crippen LogP contribution in [-0.2, 0) is 14.3 Å². The summed E-state index contributed by atoms with van der Waals surface area (Å²) in [6, 6.07) is -0.735. The lowest BCUT2D eigenvalue weighted by Crippen LogP contribution is -2.60. The van der Waals surface area contributed by atoms with Crippen molar-refractivity contribution in [3.05, 3.63) is 134 Å². The van der Waals surface area contributed by atoms with Crippen LogP contribution in [0.1, 0.15) is 277 Å². The van der Waals surface area contributed by atoms with Gasteiger partial charge in [0.05, 0.1) is 25.4 Å². The third-order valence-corrected chi connectivity index (χ3v) is 15.5. The van der Waals surface area contributed by atoms with Crippen LogP contribution in [0.3, 0.4) is 0 Å². The SMILES string of the molecule is CC/C=C\C/C=C\C/C=C\C/C=C\C/C=C\C/C=C\C/C=C\C/C=C\C/C=C\C/C=C\C/C=C\CCCCCCCCCC(=O)NC(COC1OC(CO)C(O)C(O)C1O)C(O)CCCCCCCCCCCCCCCCCCCCCC. The van der Waals surface area contributed by atoms with Gasteiger partial charge < -0.3 is 40.3 Å². The van der Waals surface area contributed by atoms with Crippen LogP contribution in [0, 0.1) is 0 Å². The van der Waals surface area contributed by atoms with E-state index in [1.807, 2.05) is 0 Å². The number of aliphatic hydroxyl groups excluding tert-OH is 5. The third kappa shape index (κ3) is 50.5. The summed E-state index contributed by atoms with van der Waals surface area (Å²) in [5, 5.41) is 54.9. The average Bonchev–Trinajstić information content (AvgIpc) is 3.70. The second-order valence-electron chi connectivity index (χ2n) is 23.2. The fraction of sp³-hybridized carbons (Fsp3) is 0.693. The van der Waals surface area contributed by atoms with Crippen molar-refractivity contribution in [3.63, 3.8) is 0 Å². The summed E-state index contributed by atoms with van der Waals surface area (Å²) >= 11 is 0. The standard InChI is InChI=1S/C75H127NO8/c1-3-5-7-9-11-13-15-17-19-21-23-25-26-27-28-29-30-31-32-33-34-35-36-37-38-39-40-41-42-43-44-45-47-49-51-53-55-57-59-61-63-65-71(79)76-68(67-83-75-74(82)73(81)72(80)70(66-77)84-75)69(78)64-62-60-58-56-54-52-50-48-46-24-22-20-18-16-14-12-10-8-6-4-2/h5,7,11,13,17,19,23,25,27-28,30-31,33-34,36-37,39-40,42-43,45,47,68-70,72-75,77-78,80-82H,3-4,6,8-10,12,14-16,18,20-22,24,26,29,32,35,38,41,44,46,48-67H2,1-2H3,(H,76,79)/b7-5-,13-11-,19-17-,25-23-,28-27-,31-30-,34-33-,37-36-,40-39-,43-42-,47-45-. The van der Waals surface area contributed by atoms with Crippen LogP contribution in [-0.4, -0.2) is 87.5 Å². The molecule has 9 heteroatoms. The summed E-state index contributed by atoms with van der Waals surface area (Å²) in [6.45, 7) is 3.73. The number of hydrogen-bond donors (Lipinski definition) is 6. The smallest absolute Gasteiger partial charge is 0.220 e. The number of aliphatic hydroxyl groups is 5. The zero-order valence-electron chi connectivity index (χ0n) is 53.6. The number of allylic oxidation sites excluding steroid dienone is 22. The molecule has 0 aliphatic carbocycles. The van der Waals surface area contributed by atoms with Crippen molar-refractivity contribution in [2.45, 2.75) is 320 Å². The predicted molar refractivity (Wildman–Crippen MR) is 359 cm³/mol. The van der Waals surface area contributed by atoms with E-state index in [1.54, 1.807) is 0 Å². The van der Waals surface area contributed by atoms with Gasteiger partial charge in [-0.3, -0.25) is 4.79 Å². The van der Waals surface area contributed by atoms with Crippen molar-refractivity contribution >= 4 is 5.91 Å². The Balaban J connectivity index is 2.15. The lowest BCUT2D eigenvalue weighted by Gasteiger charge is -2.40. The predicted octanol–water partition coefficient (Wildman–Crippen LogP) is 18.8. The van der Waals surface area contributed by atoms with Crippen molar-refractivity contribution in [3.8, 4) is 0 Å². The van der Waals surface area contributed by atoms with Crippen LogP contribution in [0.5, 0.6) is 0 Å². The fourth-order valence-corrected chi connectivity index (χ4v) is 10.2. The Labute approximate surface area is 515 Å². The minimum absolute atomic E-state index is 0.149. The van der Waals surface area contributed by atoms with E-state index >= 15 is 0 Å². The highest BCUT2D eigenvalue weighted by Crippen LogP contribution is 2.23. The van der Waals surface area contributed by atoms with E-state index in [0.29, 0.717) is 12.8 Å². The molecular formula is C75H127NO8. The first-order valence-corrected chi connectivity index (χ1v) is 34.4. The number of hydrogen-bond acceptors (Lipinski definition) is 8. The molecule has 0 aromatic rings. The van der Waals surface area contributed by atoms with Gasteiger partial charge in [-0.05, 0) is 96.3 Å². The first kappa shape index (κ1) is 78.3. The third-order valence-electron chi connectivity index (χ3n) is 15.5. The molecule has 0 bridgehead atoms. The normalized spacial score (nSPS) is 19.1. The summed E-state index contributed by atoms with van der Waals surface area (Å²) < 4.78 is 11.3. The number of nitrogens with one attached hydrogen (secondary N) is 1. The van der Waals surface area contributed by atoms with Crippen LogP contribution < -0.4 is 5.32 Å². The van der Waals surface area contributed by atoms with Crippen molar-refractivity contribution in [1.82, 2.24) is 5.32 Å². The molecule has 1 aliphatic heterocycles. The molecule has 6 N–H and O–H groups in total. The van der Waals surface area contributed by atoms with Gasteiger partial charge in [0.25, 0.3) is 0 Å². The molecule has 0 aromatic heterocycles. The average molecular weight is 1170 g/mol. The molecular weight excluding hydrogens is 1040 g/mol. The summed E-state index contributed by atoms with van der Waals surface area (Å²) in [4.78, 5) is 13.1. The minimum Gasteiger partial charge on any atom is -0.394 e. The molecule has 480 valence electrons. The molecule has 0 aromatic carbocycles. The van der Waals surface area contributed by atoms with Gasteiger partial charge in [0.2, 0.25) is 5.91 Å². The lowest BCUT2D eigenvalue weighted by molar-refractivity contribution is -0.302. The van der Waals surface area contributed by atoms with Crippen LogP contribution in [0.15, 0.2) is 134 Å². The van der Waals surface area contributed by atoms with Gasteiger partial charge in [0, 0.05) is 6.42 Å². The van der Waals surface area contributed by atoms with E-state index in [9.17, 15) is 30.3 Å². The first-order chi connectivity index (χ1) is 41.3. The number of unbranched alkanes of at least 4 members (excludes halogenated alkanes) is 26. The van der Waals surface area contributed by atoms with Crippen LogP contribution in [0.4, 0.5) is 0 Å². The minimum atomic E-state index is -1.56. The number of carbonyl (C=O) groups excluding carboxylic acids is 1. The molecule has 1 fully saturated rings. The molecule has 7 atom stereocenters. The highest BCUT2D eigenvalue weighted by molar-refractivity contribution is 5.76. The maximum atomic E-state index is 13.1. The van der Waals surface area contributed by atoms with E-state index in [4.69, 9.17) is 9.47 Å². The molecule has 1 rings (SSSR count). The molecule has 0 spiro atoms. The van der Waals surface area contributed by atoms with Crippen LogP contribution in [0.25, 0.3) is 0 Å². The topological polar surface area (TPSA) is 149 Å². The van der Waals surface area contributed by atoms with E-state index in [1.165, 1.54) is 128 Å². The molecule has 1 amide bonds. The van der Waals surface area contributed by atoms with E-state index in [2.05, 4.69) is 153 Å². The van der Waals surface area contributed by atoms with E-state index < -0.39 is 49.5 Å². The maximum Gasteiger partial charge on any atom is 0.220 e. The Morgan fingerprint density at radius 3 is 1.10 bits per heavy atom. The van der Waals surface area contributed by atoms with Gasteiger partial charge in [-0.15, -0.1) is 0 Å². The monoisotopic (exact) mass is 1170 g/mol. The van der Waals surface area contributed by atoms with Crippen LogP contribution in [0.2, 0.25) is 0 Å². The number of rotatable bonds is 58. The Morgan fingerprint density at radius 2 is 0.738 bits per heavy atom. The van der Waals surface area contributed by atoms with Gasteiger partial charge >= 0.3 is 0 Å². The molecule has 0 radical (unpaired) electrons. The van der Waals surface area contributed by atoms with Gasteiger partial charge in [-0.25, -0.2) is 0 Å². The second-order valence-corrected chi connectivity index (χ2v) is 23.2. The molecule has 0 saturated carbocycles. The van der Waals surface area contributed by atoms with Gasteiger partial charge in [-0.2, -0.15) is 0 Å².